The number of benzene rings is 2. The van der Waals surface area contributed by atoms with E-state index in [1.165, 1.54) is 12.1 Å². The minimum Gasteiger partial charge on any atom is -0.496 e. The first-order valence-corrected chi connectivity index (χ1v) is 11.2. The van der Waals surface area contributed by atoms with Gasteiger partial charge in [0.1, 0.15) is 17.6 Å². The molecule has 1 fully saturated rings. The van der Waals surface area contributed by atoms with E-state index in [1.807, 2.05) is 12.1 Å². The summed E-state index contributed by atoms with van der Waals surface area (Å²) in [6.07, 6.45) is 1.72. The van der Waals surface area contributed by atoms with Gasteiger partial charge >= 0.3 is 0 Å². The number of anilines is 2. The molecule has 0 aliphatic carbocycles. The van der Waals surface area contributed by atoms with Gasteiger partial charge in [-0.15, -0.1) is 0 Å². The number of rotatable bonds is 4. The van der Waals surface area contributed by atoms with Gasteiger partial charge in [-0.05, 0) is 48.7 Å². The SMILES string of the molecule is COc1cc(CN2CCN(c3ccc(C#N)c(F)c3)CC2)cc2[nH]c(=O)c3c(c12)NCCC3. The first-order chi connectivity index (χ1) is 16.1. The lowest BCUT2D eigenvalue weighted by Crippen LogP contribution is -2.46. The lowest BCUT2D eigenvalue weighted by atomic mass is 9.99. The summed E-state index contributed by atoms with van der Waals surface area (Å²) in [5.41, 5.74) is 4.39. The number of nitrogens with one attached hydrogen (secondary N) is 2. The van der Waals surface area contributed by atoms with Gasteiger partial charge in [-0.3, -0.25) is 9.69 Å². The molecule has 2 aliphatic heterocycles. The molecule has 1 aromatic heterocycles. The normalized spacial score (nSPS) is 16.2. The third-order valence-corrected chi connectivity index (χ3v) is 6.58. The van der Waals surface area contributed by atoms with Crippen LogP contribution >= 0.6 is 0 Å². The molecule has 0 unspecified atom stereocenters. The van der Waals surface area contributed by atoms with E-state index >= 15 is 0 Å². The maximum absolute atomic E-state index is 14.0. The van der Waals surface area contributed by atoms with E-state index < -0.39 is 5.82 Å². The number of piperazine rings is 1. The molecule has 0 radical (unpaired) electrons. The first-order valence-electron chi connectivity index (χ1n) is 11.2. The van der Waals surface area contributed by atoms with Crippen molar-refractivity contribution in [3.63, 3.8) is 0 Å². The summed E-state index contributed by atoms with van der Waals surface area (Å²) in [5, 5.41) is 13.3. The van der Waals surface area contributed by atoms with Gasteiger partial charge in [0, 0.05) is 50.5 Å². The highest BCUT2D eigenvalue weighted by Gasteiger charge is 2.22. The molecule has 8 heteroatoms. The first kappa shape index (κ1) is 21.3. The highest BCUT2D eigenvalue weighted by Crippen LogP contribution is 2.36. The highest BCUT2D eigenvalue weighted by atomic mass is 19.1. The van der Waals surface area contributed by atoms with Crippen LogP contribution in [-0.4, -0.2) is 49.7 Å². The predicted octanol–water partition coefficient (Wildman–Crippen LogP) is 3.23. The molecule has 0 bridgehead atoms. The molecule has 0 atom stereocenters. The van der Waals surface area contributed by atoms with E-state index in [0.717, 1.165) is 91.3 Å². The van der Waals surface area contributed by atoms with E-state index in [-0.39, 0.29) is 11.1 Å². The molecule has 7 nitrogen and oxygen atoms in total. The lowest BCUT2D eigenvalue weighted by Gasteiger charge is -2.36. The van der Waals surface area contributed by atoms with Crippen LogP contribution in [0.1, 0.15) is 23.1 Å². The summed E-state index contributed by atoms with van der Waals surface area (Å²) in [6.45, 7) is 4.77. The number of aromatic amines is 1. The van der Waals surface area contributed by atoms with Crippen LogP contribution in [0, 0.1) is 17.1 Å². The third-order valence-electron chi connectivity index (χ3n) is 6.58. The van der Waals surface area contributed by atoms with Crippen LogP contribution in [0.4, 0.5) is 15.8 Å². The number of pyridine rings is 1. The molecule has 1 saturated heterocycles. The third kappa shape index (κ3) is 4.00. The number of halogens is 1. The van der Waals surface area contributed by atoms with Crippen molar-refractivity contribution in [2.75, 3.05) is 50.1 Å². The Morgan fingerprint density at radius 3 is 2.73 bits per heavy atom. The monoisotopic (exact) mass is 447 g/mol. The summed E-state index contributed by atoms with van der Waals surface area (Å²) in [4.78, 5) is 20.1. The summed E-state index contributed by atoms with van der Waals surface area (Å²) in [6, 6.07) is 10.7. The summed E-state index contributed by atoms with van der Waals surface area (Å²) < 4.78 is 19.7. The molecule has 0 amide bonds. The molecule has 0 spiro atoms. The number of H-pyrrole nitrogens is 1. The number of hydrogen-bond acceptors (Lipinski definition) is 6. The van der Waals surface area contributed by atoms with Gasteiger partial charge in [-0.25, -0.2) is 4.39 Å². The van der Waals surface area contributed by atoms with Crippen molar-refractivity contribution in [2.24, 2.45) is 0 Å². The number of nitrogens with zero attached hydrogens (tertiary/aromatic N) is 3. The molecule has 5 rings (SSSR count). The van der Waals surface area contributed by atoms with E-state index in [4.69, 9.17) is 10.00 Å². The average molecular weight is 448 g/mol. The van der Waals surface area contributed by atoms with Crippen molar-refractivity contribution in [3.05, 3.63) is 63.2 Å². The summed E-state index contributed by atoms with van der Waals surface area (Å²) in [5.74, 6) is 0.280. The van der Waals surface area contributed by atoms with Gasteiger partial charge in [0.15, 0.2) is 0 Å². The van der Waals surface area contributed by atoms with E-state index in [2.05, 4.69) is 26.2 Å². The lowest BCUT2D eigenvalue weighted by molar-refractivity contribution is 0.249. The van der Waals surface area contributed by atoms with Gasteiger partial charge in [-0.2, -0.15) is 5.26 Å². The molecule has 33 heavy (non-hydrogen) atoms. The van der Waals surface area contributed by atoms with Gasteiger partial charge in [0.2, 0.25) is 0 Å². The number of aromatic nitrogens is 1. The highest BCUT2D eigenvalue weighted by molar-refractivity contribution is 5.98. The molecule has 3 aromatic rings. The van der Waals surface area contributed by atoms with Crippen molar-refractivity contribution >= 4 is 22.3 Å². The van der Waals surface area contributed by atoms with Gasteiger partial charge < -0.3 is 19.9 Å². The fraction of sp³-hybridized carbons (Fsp3) is 0.360. The fourth-order valence-corrected chi connectivity index (χ4v) is 4.87. The van der Waals surface area contributed by atoms with Crippen LogP contribution < -0.4 is 20.5 Å². The summed E-state index contributed by atoms with van der Waals surface area (Å²) in [7, 11) is 1.66. The Bertz CT molecular complexity index is 1300. The van der Waals surface area contributed by atoms with Crippen LogP contribution in [-0.2, 0) is 13.0 Å². The molecule has 2 aliphatic rings. The van der Waals surface area contributed by atoms with Crippen molar-refractivity contribution in [1.82, 2.24) is 9.88 Å². The largest absolute Gasteiger partial charge is 0.496 e. The van der Waals surface area contributed by atoms with E-state index in [1.54, 1.807) is 13.2 Å². The Balaban J connectivity index is 1.34. The number of hydrogen-bond donors (Lipinski definition) is 2. The van der Waals surface area contributed by atoms with Crippen molar-refractivity contribution in [3.8, 4) is 11.8 Å². The minimum absolute atomic E-state index is 0.0350. The molecule has 2 aromatic carbocycles. The quantitative estimate of drug-likeness (QED) is 0.639. The molecule has 170 valence electrons. The topological polar surface area (TPSA) is 84.4 Å². The van der Waals surface area contributed by atoms with Gasteiger partial charge in [0.25, 0.3) is 5.56 Å². The van der Waals surface area contributed by atoms with Gasteiger partial charge in [-0.1, -0.05) is 0 Å². The Morgan fingerprint density at radius 1 is 1.18 bits per heavy atom. The molecule has 2 N–H and O–H groups in total. The number of nitriles is 1. The molecule has 3 heterocycles. The second-order valence-electron chi connectivity index (χ2n) is 8.60. The van der Waals surface area contributed by atoms with Crippen LogP contribution in [0.2, 0.25) is 0 Å². The summed E-state index contributed by atoms with van der Waals surface area (Å²) >= 11 is 0. The van der Waals surface area contributed by atoms with Crippen molar-refractivity contribution in [2.45, 2.75) is 19.4 Å². The number of ether oxygens (including phenoxy) is 1. The van der Waals surface area contributed by atoms with Crippen molar-refractivity contribution in [1.29, 1.82) is 5.26 Å². The zero-order chi connectivity index (χ0) is 22.9. The Labute approximate surface area is 191 Å². The van der Waals surface area contributed by atoms with Crippen molar-refractivity contribution < 1.29 is 9.13 Å². The minimum atomic E-state index is -0.480. The second kappa shape index (κ2) is 8.75. The zero-order valence-corrected chi connectivity index (χ0v) is 18.6. The van der Waals surface area contributed by atoms with E-state index in [9.17, 15) is 9.18 Å². The number of fused-ring (bicyclic) bond motifs is 3. The smallest absolute Gasteiger partial charge is 0.253 e. The van der Waals surface area contributed by atoms with Crippen LogP contribution in [0.5, 0.6) is 5.75 Å². The maximum Gasteiger partial charge on any atom is 0.253 e. The molecular formula is C25H26FN5O2. The Morgan fingerprint density at radius 2 is 2.00 bits per heavy atom. The number of methoxy groups -OCH3 is 1. The molecule has 0 saturated carbocycles. The van der Waals surface area contributed by atoms with Crippen LogP contribution in [0.15, 0.2) is 35.1 Å². The fourth-order valence-electron chi connectivity index (χ4n) is 4.87. The molecular weight excluding hydrogens is 421 g/mol. The standard InChI is InChI=1S/C25H26FN5O2/c1-33-22-12-16(11-21-23(22)24-19(25(32)29-21)3-2-6-28-24)15-30-7-9-31(10-8-30)18-5-4-17(14-27)20(26)13-18/h4-5,11-13,28H,2-3,6-10,15H2,1H3,(H,29,32). The van der Waals surface area contributed by atoms with Crippen LogP contribution in [0.3, 0.4) is 0 Å². The second-order valence-corrected chi connectivity index (χ2v) is 8.60. The zero-order valence-electron chi connectivity index (χ0n) is 18.6. The average Bonchev–Trinajstić information content (AvgIpc) is 2.84. The Kier molecular flexibility index (Phi) is 5.65. The maximum atomic E-state index is 14.0. The van der Waals surface area contributed by atoms with E-state index in [0.29, 0.717) is 0 Å². The predicted molar refractivity (Wildman–Crippen MR) is 127 cm³/mol. The van der Waals surface area contributed by atoms with Gasteiger partial charge in [0.05, 0.1) is 29.3 Å². The Hall–Kier alpha value is -3.57. The van der Waals surface area contributed by atoms with Crippen LogP contribution in [0.25, 0.3) is 10.9 Å².